The lowest BCUT2D eigenvalue weighted by atomic mass is 10.1. The Morgan fingerprint density at radius 3 is 2.65 bits per heavy atom. The van der Waals surface area contributed by atoms with Gasteiger partial charge in [-0.05, 0) is 30.7 Å². The van der Waals surface area contributed by atoms with Crippen LogP contribution >= 0.6 is 15.9 Å². The van der Waals surface area contributed by atoms with Crippen molar-refractivity contribution in [3.8, 4) is 0 Å². The Labute approximate surface area is 126 Å². The monoisotopic (exact) mass is 340 g/mol. The third-order valence-corrected chi connectivity index (χ3v) is 3.44. The maximum Gasteiger partial charge on any atom is 0.328 e. The number of nitrogens with one attached hydrogen (secondary N) is 1. The number of amides is 1. The lowest BCUT2D eigenvalue weighted by Crippen LogP contribution is -2.35. The van der Waals surface area contributed by atoms with E-state index in [2.05, 4.69) is 21.2 Å². The van der Waals surface area contributed by atoms with Gasteiger partial charge in [-0.2, -0.15) is 0 Å². The summed E-state index contributed by atoms with van der Waals surface area (Å²) in [4.78, 5) is 23.9. The zero-order chi connectivity index (χ0) is 15.1. The zero-order valence-corrected chi connectivity index (χ0v) is 13.0. The highest BCUT2D eigenvalue weighted by Crippen LogP contribution is 2.25. The van der Waals surface area contributed by atoms with Crippen molar-refractivity contribution in [3.63, 3.8) is 0 Å². The summed E-state index contributed by atoms with van der Waals surface area (Å²) in [7, 11) is 1.60. The molecule has 1 rings (SSSR count). The topological polar surface area (TPSA) is 69.6 Å². The van der Waals surface area contributed by atoms with Gasteiger partial charge in [-0.3, -0.25) is 4.79 Å². The number of carbonyl (C=O) groups excluding carboxylic acids is 1. The second-order valence-corrected chi connectivity index (χ2v) is 4.92. The Balaban J connectivity index is 2.94. The first-order chi connectivity index (χ1) is 9.47. The van der Waals surface area contributed by atoms with Gasteiger partial charge in [-0.25, -0.2) is 4.79 Å². The van der Waals surface area contributed by atoms with Crippen molar-refractivity contribution in [1.82, 2.24) is 5.32 Å². The second kappa shape index (κ2) is 7.69. The Hall–Kier alpha value is -1.82. The molecule has 0 heterocycles. The van der Waals surface area contributed by atoms with Crippen LogP contribution in [0.1, 0.15) is 12.5 Å². The molecule has 0 saturated carbocycles. The SMILES string of the molecule is CCN(CC(=O)NC)c1ccc(/C=C/C(=O)O)c(Br)c1. The molecule has 2 N–H and O–H groups in total. The van der Waals surface area contributed by atoms with Crippen molar-refractivity contribution in [3.05, 3.63) is 34.3 Å². The number of benzene rings is 1. The molecule has 0 aliphatic heterocycles. The van der Waals surface area contributed by atoms with E-state index in [0.717, 1.165) is 21.8 Å². The zero-order valence-electron chi connectivity index (χ0n) is 11.4. The van der Waals surface area contributed by atoms with Crippen LogP contribution in [0.15, 0.2) is 28.7 Å². The van der Waals surface area contributed by atoms with E-state index in [9.17, 15) is 9.59 Å². The van der Waals surface area contributed by atoms with E-state index >= 15 is 0 Å². The number of anilines is 1. The molecule has 0 bridgehead atoms. The third-order valence-electron chi connectivity index (χ3n) is 2.75. The van der Waals surface area contributed by atoms with Crippen molar-refractivity contribution in [2.45, 2.75) is 6.92 Å². The van der Waals surface area contributed by atoms with E-state index in [-0.39, 0.29) is 12.5 Å². The van der Waals surface area contributed by atoms with E-state index in [1.165, 1.54) is 6.08 Å². The number of carbonyl (C=O) groups is 2. The summed E-state index contributed by atoms with van der Waals surface area (Å²) < 4.78 is 0.780. The van der Waals surface area contributed by atoms with E-state index in [4.69, 9.17) is 5.11 Å². The van der Waals surface area contributed by atoms with E-state index in [1.807, 2.05) is 30.0 Å². The first-order valence-corrected chi connectivity index (χ1v) is 6.93. The number of carboxylic acids is 1. The molecule has 1 aromatic rings. The van der Waals surface area contributed by atoms with Crippen molar-refractivity contribution < 1.29 is 14.7 Å². The maximum absolute atomic E-state index is 11.4. The van der Waals surface area contributed by atoms with Gasteiger partial charge in [-0.15, -0.1) is 0 Å². The number of rotatable bonds is 6. The molecule has 0 atom stereocenters. The number of hydrogen-bond acceptors (Lipinski definition) is 3. The molecule has 0 aliphatic carbocycles. The Bertz CT molecular complexity index is 529. The fourth-order valence-electron chi connectivity index (χ4n) is 1.65. The summed E-state index contributed by atoms with van der Waals surface area (Å²) >= 11 is 3.41. The number of aliphatic carboxylic acids is 1. The first kappa shape index (κ1) is 16.2. The van der Waals surface area contributed by atoms with Gasteiger partial charge in [0.15, 0.2) is 0 Å². The lowest BCUT2D eigenvalue weighted by molar-refractivity contribution is -0.131. The number of likely N-dealkylation sites (N-methyl/N-ethyl adjacent to an activating group) is 2. The summed E-state index contributed by atoms with van der Waals surface area (Å²) in [6.07, 6.45) is 2.60. The van der Waals surface area contributed by atoms with Crippen molar-refractivity contribution in [2.75, 3.05) is 25.0 Å². The van der Waals surface area contributed by atoms with Crippen LogP contribution in [0.3, 0.4) is 0 Å². The smallest absolute Gasteiger partial charge is 0.328 e. The van der Waals surface area contributed by atoms with Crippen LogP contribution in [0.4, 0.5) is 5.69 Å². The minimum atomic E-state index is -0.990. The number of hydrogen-bond donors (Lipinski definition) is 2. The van der Waals surface area contributed by atoms with E-state index < -0.39 is 5.97 Å². The Kier molecular flexibility index (Phi) is 6.24. The van der Waals surface area contributed by atoms with E-state index in [1.54, 1.807) is 7.05 Å². The highest BCUT2D eigenvalue weighted by molar-refractivity contribution is 9.10. The van der Waals surface area contributed by atoms with Gasteiger partial charge in [0.2, 0.25) is 5.91 Å². The van der Waals surface area contributed by atoms with Gasteiger partial charge in [0, 0.05) is 29.8 Å². The van der Waals surface area contributed by atoms with Crippen LogP contribution in [0, 0.1) is 0 Å². The minimum Gasteiger partial charge on any atom is -0.478 e. The first-order valence-electron chi connectivity index (χ1n) is 6.14. The molecule has 0 spiro atoms. The minimum absolute atomic E-state index is 0.0576. The van der Waals surface area contributed by atoms with Gasteiger partial charge in [0.05, 0.1) is 6.54 Å². The molecule has 0 saturated heterocycles. The van der Waals surface area contributed by atoms with Gasteiger partial charge in [-0.1, -0.05) is 22.0 Å². The van der Waals surface area contributed by atoms with Crippen LogP contribution in [0.2, 0.25) is 0 Å². The largest absolute Gasteiger partial charge is 0.478 e. The molecule has 0 fully saturated rings. The van der Waals surface area contributed by atoms with Gasteiger partial charge >= 0.3 is 5.97 Å². The quantitative estimate of drug-likeness (QED) is 0.778. The van der Waals surface area contributed by atoms with Gasteiger partial charge in [0.25, 0.3) is 0 Å². The molecule has 5 nitrogen and oxygen atoms in total. The number of nitrogens with zero attached hydrogens (tertiary/aromatic N) is 1. The van der Waals surface area contributed by atoms with Crippen LogP contribution in [-0.2, 0) is 9.59 Å². The van der Waals surface area contributed by atoms with Crippen LogP contribution in [-0.4, -0.2) is 37.1 Å². The van der Waals surface area contributed by atoms with Gasteiger partial charge in [0.1, 0.15) is 0 Å². The Morgan fingerprint density at radius 1 is 1.45 bits per heavy atom. The average Bonchev–Trinajstić information content (AvgIpc) is 2.42. The summed E-state index contributed by atoms with van der Waals surface area (Å²) in [5.41, 5.74) is 1.67. The summed E-state index contributed by atoms with van der Waals surface area (Å²) in [6.45, 7) is 2.95. The van der Waals surface area contributed by atoms with Crippen LogP contribution in [0.5, 0.6) is 0 Å². The molecular formula is C14H17BrN2O3. The Morgan fingerprint density at radius 2 is 2.15 bits per heavy atom. The molecule has 0 unspecified atom stereocenters. The lowest BCUT2D eigenvalue weighted by Gasteiger charge is -2.22. The predicted octanol–water partition coefficient (Wildman–Crippen LogP) is 2.12. The molecule has 0 radical (unpaired) electrons. The molecule has 108 valence electrons. The standard InChI is InChI=1S/C14H17BrN2O3/c1-3-17(9-13(18)16-2)11-6-4-10(12(15)8-11)5-7-14(19)20/h4-8H,3,9H2,1-2H3,(H,16,18)(H,19,20)/b7-5+. The maximum atomic E-state index is 11.4. The van der Waals surface area contributed by atoms with E-state index in [0.29, 0.717) is 6.54 Å². The van der Waals surface area contributed by atoms with Crippen molar-refractivity contribution in [1.29, 1.82) is 0 Å². The summed E-state index contributed by atoms with van der Waals surface area (Å²) in [5, 5.41) is 11.2. The van der Waals surface area contributed by atoms with Crippen molar-refractivity contribution in [2.24, 2.45) is 0 Å². The summed E-state index contributed by atoms with van der Waals surface area (Å²) in [6, 6.07) is 5.54. The molecule has 6 heteroatoms. The second-order valence-electron chi connectivity index (χ2n) is 4.06. The number of halogens is 1. The molecule has 1 aromatic carbocycles. The number of carboxylic acid groups (broad SMARTS) is 1. The van der Waals surface area contributed by atoms with Crippen LogP contribution < -0.4 is 10.2 Å². The molecule has 1 amide bonds. The van der Waals surface area contributed by atoms with Crippen molar-refractivity contribution >= 4 is 39.6 Å². The predicted molar refractivity (Wildman–Crippen MR) is 82.8 cm³/mol. The van der Waals surface area contributed by atoms with Crippen LogP contribution in [0.25, 0.3) is 6.08 Å². The fraction of sp³-hybridized carbons (Fsp3) is 0.286. The average molecular weight is 341 g/mol. The molecule has 0 aliphatic rings. The molecule has 20 heavy (non-hydrogen) atoms. The normalized spacial score (nSPS) is 10.6. The third kappa shape index (κ3) is 4.70. The highest BCUT2D eigenvalue weighted by atomic mass is 79.9. The molecule has 0 aromatic heterocycles. The highest BCUT2D eigenvalue weighted by Gasteiger charge is 2.10. The fourth-order valence-corrected chi connectivity index (χ4v) is 2.15. The van der Waals surface area contributed by atoms with Gasteiger partial charge < -0.3 is 15.3 Å². The molecular weight excluding hydrogens is 324 g/mol. The summed E-state index contributed by atoms with van der Waals surface area (Å²) in [5.74, 6) is -1.05.